The van der Waals surface area contributed by atoms with Crippen LogP contribution in [0.25, 0.3) is 0 Å². The molecule has 16 heavy (non-hydrogen) atoms. The Kier molecular flexibility index (Phi) is 4.36. The maximum absolute atomic E-state index is 5.77. The van der Waals surface area contributed by atoms with Gasteiger partial charge in [-0.3, -0.25) is 0 Å². The number of hydrogen-bond acceptors (Lipinski definition) is 3. The van der Waals surface area contributed by atoms with Crippen LogP contribution in [0.3, 0.4) is 0 Å². The zero-order valence-electron chi connectivity index (χ0n) is 10.1. The van der Waals surface area contributed by atoms with E-state index in [4.69, 9.17) is 10.7 Å². The molecule has 0 aliphatic heterocycles. The summed E-state index contributed by atoms with van der Waals surface area (Å²) in [6.45, 7) is 2.92. The predicted molar refractivity (Wildman–Crippen MR) is 70.0 cm³/mol. The van der Waals surface area contributed by atoms with Crippen molar-refractivity contribution in [2.45, 2.75) is 57.3 Å². The van der Waals surface area contributed by atoms with Crippen molar-refractivity contribution in [3.8, 4) is 0 Å². The Morgan fingerprint density at radius 2 is 2.19 bits per heavy atom. The predicted octanol–water partition coefficient (Wildman–Crippen LogP) is 3.64. The van der Waals surface area contributed by atoms with Crippen LogP contribution in [0.4, 0.5) is 0 Å². The molecule has 0 radical (unpaired) electrons. The minimum atomic E-state index is 0.466. The first-order valence-electron chi connectivity index (χ1n) is 6.50. The van der Waals surface area contributed by atoms with Crippen LogP contribution in [-0.2, 0) is 0 Å². The van der Waals surface area contributed by atoms with Gasteiger partial charge in [-0.2, -0.15) is 0 Å². The first-order chi connectivity index (χ1) is 7.85. The van der Waals surface area contributed by atoms with Gasteiger partial charge in [0, 0.05) is 23.8 Å². The lowest BCUT2D eigenvalue weighted by atomic mass is 9.90. The lowest BCUT2D eigenvalue weighted by Gasteiger charge is -2.19. The second-order valence-corrected chi connectivity index (χ2v) is 5.68. The van der Waals surface area contributed by atoms with Gasteiger partial charge in [-0.25, -0.2) is 4.98 Å². The summed E-state index contributed by atoms with van der Waals surface area (Å²) >= 11 is 1.85. The van der Waals surface area contributed by atoms with Crippen molar-refractivity contribution >= 4 is 11.3 Å². The van der Waals surface area contributed by atoms with E-state index in [9.17, 15) is 0 Å². The van der Waals surface area contributed by atoms with Gasteiger partial charge in [-0.1, -0.05) is 26.2 Å². The summed E-state index contributed by atoms with van der Waals surface area (Å²) in [5, 5.41) is 3.59. The Morgan fingerprint density at radius 1 is 1.44 bits per heavy atom. The molecular weight excluding hydrogens is 216 g/mol. The topological polar surface area (TPSA) is 38.9 Å². The Hall–Kier alpha value is -0.410. The smallest absolute Gasteiger partial charge is 0.0959 e. The average Bonchev–Trinajstić information content (AvgIpc) is 2.81. The van der Waals surface area contributed by atoms with Gasteiger partial charge in [0.15, 0.2) is 0 Å². The Morgan fingerprint density at radius 3 is 2.81 bits per heavy atom. The van der Waals surface area contributed by atoms with Crippen molar-refractivity contribution in [3.63, 3.8) is 0 Å². The second-order valence-electron chi connectivity index (χ2n) is 4.79. The van der Waals surface area contributed by atoms with Gasteiger partial charge in [0.25, 0.3) is 0 Å². The first kappa shape index (κ1) is 12.1. The molecule has 2 N–H and O–H groups in total. The van der Waals surface area contributed by atoms with E-state index in [1.54, 1.807) is 0 Å². The van der Waals surface area contributed by atoms with Crippen LogP contribution < -0.4 is 5.73 Å². The molecule has 1 atom stereocenters. The first-order valence-corrected chi connectivity index (χ1v) is 7.38. The summed E-state index contributed by atoms with van der Waals surface area (Å²) in [6, 6.07) is 0. The summed E-state index contributed by atoms with van der Waals surface area (Å²) in [6.07, 6.45) is 7.96. The quantitative estimate of drug-likeness (QED) is 0.869. The van der Waals surface area contributed by atoms with E-state index in [1.165, 1.54) is 42.8 Å². The zero-order valence-corrected chi connectivity index (χ0v) is 10.9. The Labute approximate surface area is 102 Å². The van der Waals surface area contributed by atoms with Gasteiger partial charge in [0.05, 0.1) is 10.7 Å². The van der Waals surface area contributed by atoms with Crippen molar-refractivity contribution in [2.24, 2.45) is 5.73 Å². The Bertz CT molecular complexity index is 311. The molecule has 2 rings (SSSR count). The minimum absolute atomic E-state index is 0.466. The van der Waals surface area contributed by atoms with Crippen LogP contribution >= 0.6 is 11.3 Å². The summed E-state index contributed by atoms with van der Waals surface area (Å²) in [4.78, 5) is 4.81. The van der Waals surface area contributed by atoms with Gasteiger partial charge in [0.2, 0.25) is 0 Å². The number of thiazole rings is 1. The summed E-state index contributed by atoms with van der Waals surface area (Å²) < 4.78 is 0. The lowest BCUT2D eigenvalue weighted by Crippen LogP contribution is -2.12. The maximum atomic E-state index is 5.77. The van der Waals surface area contributed by atoms with E-state index in [0.717, 1.165) is 18.9 Å². The molecule has 1 heterocycles. The molecule has 0 spiro atoms. The Balaban J connectivity index is 2.05. The van der Waals surface area contributed by atoms with E-state index in [2.05, 4.69) is 12.3 Å². The molecule has 1 aromatic rings. The summed E-state index contributed by atoms with van der Waals surface area (Å²) in [5.74, 6) is 1.20. The zero-order chi connectivity index (χ0) is 11.4. The molecule has 90 valence electrons. The van der Waals surface area contributed by atoms with Crippen LogP contribution in [0.15, 0.2) is 5.38 Å². The molecule has 1 aliphatic rings. The van der Waals surface area contributed by atoms with Gasteiger partial charge < -0.3 is 5.73 Å². The summed E-state index contributed by atoms with van der Waals surface area (Å²) in [7, 11) is 0. The van der Waals surface area contributed by atoms with E-state index in [0.29, 0.717) is 5.92 Å². The average molecular weight is 238 g/mol. The van der Waals surface area contributed by atoms with Crippen molar-refractivity contribution in [3.05, 3.63) is 16.1 Å². The minimum Gasteiger partial charge on any atom is -0.330 e. The van der Waals surface area contributed by atoms with Crippen LogP contribution in [0.5, 0.6) is 0 Å². The highest BCUT2D eigenvalue weighted by molar-refractivity contribution is 7.09. The van der Waals surface area contributed by atoms with Crippen molar-refractivity contribution in [1.29, 1.82) is 0 Å². The number of hydrogen-bond donors (Lipinski definition) is 1. The molecule has 1 aliphatic carbocycles. The molecule has 1 unspecified atom stereocenters. The highest BCUT2D eigenvalue weighted by Crippen LogP contribution is 2.35. The molecule has 0 amide bonds. The normalized spacial score (nSPS) is 19.9. The second kappa shape index (κ2) is 5.78. The van der Waals surface area contributed by atoms with Crippen LogP contribution in [0.1, 0.15) is 68.0 Å². The highest BCUT2D eigenvalue weighted by atomic mass is 32.1. The molecule has 1 aromatic heterocycles. The molecule has 0 bridgehead atoms. The van der Waals surface area contributed by atoms with Crippen molar-refractivity contribution < 1.29 is 0 Å². The van der Waals surface area contributed by atoms with E-state index < -0.39 is 0 Å². The molecule has 1 fully saturated rings. The molecule has 3 heteroatoms. The fourth-order valence-corrected chi connectivity index (χ4v) is 3.59. The van der Waals surface area contributed by atoms with Gasteiger partial charge in [-0.15, -0.1) is 11.3 Å². The third-order valence-corrected chi connectivity index (χ3v) is 4.72. The van der Waals surface area contributed by atoms with E-state index >= 15 is 0 Å². The lowest BCUT2D eigenvalue weighted by molar-refractivity contribution is 0.441. The fraction of sp³-hybridized carbons (Fsp3) is 0.769. The number of nitrogens with two attached hydrogens (primary N) is 1. The number of nitrogens with zero attached hydrogens (tertiary/aromatic N) is 1. The monoisotopic (exact) mass is 238 g/mol. The fourth-order valence-electron chi connectivity index (χ4n) is 2.52. The molecule has 0 saturated heterocycles. The van der Waals surface area contributed by atoms with E-state index in [1.807, 2.05) is 11.3 Å². The van der Waals surface area contributed by atoms with Crippen LogP contribution in [0, 0.1) is 0 Å². The third kappa shape index (κ3) is 2.64. The van der Waals surface area contributed by atoms with Crippen LogP contribution in [-0.4, -0.2) is 11.5 Å². The third-order valence-electron chi connectivity index (χ3n) is 3.69. The maximum Gasteiger partial charge on any atom is 0.0959 e. The van der Waals surface area contributed by atoms with Crippen molar-refractivity contribution in [1.82, 2.24) is 4.98 Å². The SMILES string of the molecule is CCC(CN)c1csc(C2CCCCC2)n1. The largest absolute Gasteiger partial charge is 0.330 e. The molecular formula is C13H22N2S. The highest BCUT2D eigenvalue weighted by Gasteiger charge is 2.20. The van der Waals surface area contributed by atoms with Gasteiger partial charge in [-0.05, 0) is 19.3 Å². The number of aromatic nitrogens is 1. The molecule has 0 aromatic carbocycles. The molecule has 1 saturated carbocycles. The van der Waals surface area contributed by atoms with Gasteiger partial charge >= 0.3 is 0 Å². The standard InChI is InChI=1S/C13H22N2S/c1-2-10(8-14)12-9-16-13(15-12)11-6-4-3-5-7-11/h9-11H,2-8,14H2,1H3. The number of rotatable bonds is 4. The molecule has 2 nitrogen and oxygen atoms in total. The summed E-state index contributed by atoms with van der Waals surface area (Å²) in [5.41, 5.74) is 7.00. The van der Waals surface area contributed by atoms with Gasteiger partial charge in [0.1, 0.15) is 0 Å². The van der Waals surface area contributed by atoms with E-state index in [-0.39, 0.29) is 0 Å². The van der Waals surface area contributed by atoms with Crippen LogP contribution in [0.2, 0.25) is 0 Å². The van der Waals surface area contributed by atoms with Crippen molar-refractivity contribution in [2.75, 3.05) is 6.54 Å².